The van der Waals surface area contributed by atoms with E-state index in [1.54, 1.807) is 7.05 Å². The molecule has 2 N–H and O–H groups in total. The van der Waals surface area contributed by atoms with E-state index in [4.69, 9.17) is 4.74 Å². The minimum Gasteiger partial charge on any atom is -0.460 e. The van der Waals surface area contributed by atoms with Gasteiger partial charge in [0.2, 0.25) is 5.91 Å². The van der Waals surface area contributed by atoms with Crippen molar-refractivity contribution < 1.29 is 14.3 Å². The molecule has 1 amide bonds. The number of nitrogens with one attached hydrogen (secondary N) is 2. The summed E-state index contributed by atoms with van der Waals surface area (Å²) in [6.45, 7) is 0.306. The number of carbonyl (C=O) groups is 2. The second-order valence-electron chi connectivity index (χ2n) is 3.45. The lowest BCUT2D eigenvalue weighted by atomic mass is 10.2. The number of rotatable bonds is 6. The van der Waals surface area contributed by atoms with E-state index in [1.807, 2.05) is 30.3 Å². The van der Waals surface area contributed by atoms with Crippen molar-refractivity contribution in [3.8, 4) is 0 Å². The van der Waals surface area contributed by atoms with E-state index in [0.29, 0.717) is 0 Å². The van der Waals surface area contributed by atoms with Crippen LogP contribution in [0.25, 0.3) is 0 Å². The first-order chi connectivity index (χ1) is 8.22. The van der Waals surface area contributed by atoms with Crippen molar-refractivity contribution in [2.75, 3.05) is 20.1 Å². The Balaban J connectivity index is 2.20. The van der Waals surface area contributed by atoms with Crippen LogP contribution in [0.15, 0.2) is 30.3 Å². The van der Waals surface area contributed by atoms with E-state index >= 15 is 0 Å². The van der Waals surface area contributed by atoms with Gasteiger partial charge in [-0.15, -0.1) is 0 Å². The van der Waals surface area contributed by atoms with Crippen molar-refractivity contribution in [2.45, 2.75) is 6.61 Å². The Bertz CT molecular complexity index is 365. The fraction of sp³-hybridized carbons (Fsp3) is 0.333. The van der Waals surface area contributed by atoms with Crippen LogP contribution in [0.2, 0.25) is 0 Å². The molecule has 0 heterocycles. The van der Waals surface area contributed by atoms with Gasteiger partial charge in [0.1, 0.15) is 13.2 Å². The molecule has 0 unspecified atom stereocenters. The van der Waals surface area contributed by atoms with Crippen molar-refractivity contribution in [2.24, 2.45) is 0 Å². The molecule has 0 fully saturated rings. The summed E-state index contributed by atoms with van der Waals surface area (Å²) in [6.07, 6.45) is 0. The summed E-state index contributed by atoms with van der Waals surface area (Å²) in [7, 11) is 1.66. The highest BCUT2D eigenvalue weighted by atomic mass is 16.5. The highest BCUT2D eigenvalue weighted by molar-refractivity contribution is 5.83. The normalized spacial score (nSPS) is 9.71. The molecule has 17 heavy (non-hydrogen) atoms. The van der Waals surface area contributed by atoms with Crippen LogP contribution in [0.5, 0.6) is 0 Å². The Morgan fingerprint density at radius 3 is 2.53 bits per heavy atom. The van der Waals surface area contributed by atoms with E-state index in [2.05, 4.69) is 10.6 Å². The second kappa shape index (κ2) is 7.40. The number of carbonyl (C=O) groups excluding carboxylic acids is 2. The lowest BCUT2D eigenvalue weighted by Gasteiger charge is -2.06. The molecular formula is C12H16N2O3. The third-order valence-corrected chi connectivity index (χ3v) is 2.01. The fourth-order valence-electron chi connectivity index (χ4n) is 1.18. The van der Waals surface area contributed by atoms with Gasteiger partial charge in [0.25, 0.3) is 0 Å². The van der Waals surface area contributed by atoms with Crippen LogP contribution >= 0.6 is 0 Å². The molecule has 0 spiro atoms. The highest BCUT2D eigenvalue weighted by Gasteiger charge is 2.05. The number of ether oxygens (including phenoxy) is 1. The molecular weight excluding hydrogens is 220 g/mol. The Labute approximate surface area is 100 Å². The van der Waals surface area contributed by atoms with Crippen molar-refractivity contribution in [1.29, 1.82) is 0 Å². The minimum atomic E-state index is -0.446. The summed E-state index contributed by atoms with van der Waals surface area (Å²) >= 11 is 0. The zero-order valence-electron chi connectivity index (χ0n) is 9.73. The second-order valence-corrected chi connectivity index (χ2v) is 3.45. The van der Waals surface area contributed by atoms with E-state index in [9.17, 15) is 9.59 Å². The summed E-state index contributed by atoms with van der Waals surface area (Å²) in [5.41, 5.74) is 0.919. The Hall–Kier alpha value is -1.88. The Kier molecular flexibility index (Phi) is 5.74. The molecule has 0 aliphatic heterocycles. The lowest BCUT2D eigenvalue weighted by molar-refractivity contribution is -0.145. The molecule has 1 aromatic carbocycles. The quantitative estimate of drug-likeness (QED) is 0.686. The predicted molar refractivity (Wildman–Crippen MR) is 63.2 cm³/mol. The summed E-state index contributed by atoms with van der Waals surface area (Å²) in [5, 5.41) is 5.13. The monoisotopic (exact) mass is 236 g/mol. The van der Waals surface area contributed by atoms with Crippen LogP contribution in [0.3, 0.4) is 0 Å². The molecule has 0 bridgehead atoms. The van der Waals surface area contributed by atoms with E-state index in [-0.39, 0.29) is 25.6 Å². The average molecular weight is 236 g/mol. The largest absolute Gasteiger partial charge is 0.460 e. The van der Waals surface area contributed by atoms with E-state index < -0.39 is 5.97 Å². The zero-order valence-corrected chi connectivity index (χ0v) is 9.73. The van der Waals surface area contributed by atoms with Gasteiger partial charge in [-0.1, -0.05) is 30.3 Å². The molecule has 1 aromatic rings. The maximum atomic E-state index is 11.3. The molecule has 0 saturated heterocycles. The van der Waals surface area contributed by atoms with Crippen molar-refractivity contribution in [1.82, 2.24) is 10.6 Å². The van der Waals surface area contributed by atoms with Gasteiger partial charge in [-0.3, -0.25) is 9.59 Å². The molecule has 0 atom stereocenters. The van der Waals surface area contributed by atoms with Crippen LogP contribution in [0.1, 0.15) is 5.56 Å². The molecule has 5 heteroatoms. The molecule has 92 valence electrons. The maximum absolute atomic E-state index is 11.3. The number of esters is 1. The predicted octanol–water partition coefficient (Wildman–Crippen LogP) is 0.0654. The lowest BCUT2D eigenvalue weighted by Crippen LogP contribution is -2.36. The molecule has 1 rings (SSSR count). The topological polar surface area (TPSA) is 67.4 Å². The average Bonchev–Trinajstić information content (AvgIpc) is 2.35. The smallest absolute Gasteiger partial charge is 0.325 e. The molecule has 0 aromatic heterocycles. The van der Waals surface area contributed by atoms with Crippen LogP contribution in [0.4, 0.5) is 0 Å². The van der Waals surface area contributed by atoms with Crippen LogP contribution in [0, 0.1) is 0 Å². The Morgan fingerprint density at radius 1 is 1.18 bits per heavy atom. The van der Waals surface area contributed by atoms with E-state index in [1.165, 1.54) is 0 Å². The molecule has 0 aliphatic carbocycles. The summed E-state index contributed by atoms with van der Waals surface area (Å²) in [5.74, 6) is -0.678. The van der Waals surface area contributed by atoms with Gasteiger partial charge in [0, 0.05) is 0 Å². The van der Waals surface area contributed by atoms with Crippen molar-refractivity contribution >= 4 is 11.9 Å². The first-order valence-electron chi connectivity index (χ1n) is 5.33. The molecule has 0 saturated carbocycles. The van der Waals surface area contributed by atoms with Gasteiger partial charge in [-0.2, -0.15) is 0 Å². The first kappa shape index (κ1) is 13.2. The van der Waals surface area contributed by atoms with Crippen LogP contribution in [-0.2, 0) is 20.9 Å². The number of hydrogen-bond acceptors (Lipinski definition) is 4. The maximum Gasteiger partial charge on any atom is 0.325 e. The number of hydrogen-bond donors (Lipinski definition) is 2. The van der Waals surface area contributed by atoms with Crippen LogP contribution in [-0.4, -0.2) is 32.0 Å². The molecule has 0 aliphatic rings. The van der Waals surface area contributed by atoms with Gasteiger partial charge < -0.3 is 15.4 Å². The van der Waals surface area contributed by atoms with Gasteiger partial charge in [-0.25, -0.2) is 0 Å². The number of amides is 1. The van der Waals surface area contributed by atoms with Gasteiger partial charge in [-0.05, 0) is 12.6 Å². The standard InChI is InChI=1S/C12H16N2O3/c1-13-7-11(15)14-8-12(16)17-9-10-5-3-2-4-6-10/h2-6,13H,7-9H2,1H3,(H,14,15). The SMILES string of the molecule is CNCC(=O)NCC(=O)OCc1ccccc1. The van der Waals surface area contributed by atoms with E-state index in [0.717, 1.165) is 5.56 Å². The molecule has 0 radical (unpaired) electrons. The Morgan fingerprint density at radius 2 is 1.88 bits per heavy atom. The van der Waals surface area contributed by atoms with Crippen molar-refractivity contribution in [3.05, 3.63) is 35.9 Å². The first-order valence-corrected chi connectivity index (χ1v) is 5.33. The fourth-order valence-corrected chi connectivity index (χ4v) is 1.18. The molecule has 5 nitrogen and oxygen atoms in total. The zero-order chi connectivity index (χ0) is 12.5. The summed E-state index contributed by atoms with van der Waals surface area (Å²) in [6, 6.07) is 9.37. The van der Waals surface area contributed by atoms with Gasteiger partial charge >= 0.3 is 5.97 Å². The minimum absolute atomic E-state index is 0.104. The third kappa shape index (κ3) is 5.67. The number of benzene rings is 1. The number of likely N-dealkylation sites (N-methyl/N-ethyl adjacent to an activating group) is 1. The summed E-state index contributed by atoms with van der Waals surface area (Å²) in [4.78, 5) is 22.3. The van der Waals surface area contributed by atoms with Crippen molar-refractivity contribution in [3.63, 3.8) is 0 Å². The summed E-state index contributed by atoms with van der Waals surface area (Å²) < 4.78 is 4.98. The third-order valence-electron chi connectivity index (χ3n) is 2.01. The van der Waals surface area contributed by atoms with Gasteiger partial charge in [0.05, 0.1) is 6.54 Å². The highest BCUT2D eigenvalue weighted by Crippen LogP contribution is 2.00. The van der Waals surface area contributed by atoms with Crippen LogP contribution < -0.4 is 10.6 Å². The van der Waals surface area contributed by atoms with Gasteiger partial charge in [0.15, 0.2) is 0 Å².